The van der Waals surface area contributed by atoms with Crippen LogP contribution in [-0.4, -0.2) is 46.4 Å². The number of hydrogen-bond donors (Lipinski definition) is 0. The van der Waals surface area contributed by atoms with Gasteiger partial charge in [0.05, 0.1) is 5.70 Å². The van der Waals surface area contributed by atoms with Crippen molar-refractivity contribution in [3.05, 3.63) is 23.4 Å². The van der Waals surface area contributed by atoms with Crippen molar-refractivity contribution >= 4 is 27.7 Å². The summed E-state index contributed by atoms with van der Waals surface area (Å²) in [6.45, 7) is 1.33. The summed E-state index contributed by atoms with van der Waals surface area (Å²) >= 11 is 4.54. The monoisotopic (exact) mass is 429 g/mol. The van der Waals surface area contributed by atoms with E-state index >= 15 is 0 Å². The first-order chi connectivity index (χ1) is 10.2. The molecule has 134 valence electrons. The molecule has 1 aliphatic heterocycles. The predicted molar refractivity (Wildman–Crippen MR) is 80.2 cm³/mol. The molecule has 10 heteroatoms. The maximum Gasteiger partial charge on any atom is 0.437 e. The van der Waals surface area contributed by atoms with Crippen LogP contribution in [0.1, 0.15) is 13.3 Å². The Balaban J connectivity index is 3.47. The minimum absolute atomic E-state index is 0.117. The highest BCUT2D eigenvalue weighted by atomic mass is 79.9. The Morgan fingerprint density at radius 2 is 1.61 bits per heavy atom. The average Bonchev–Trinajstić information content (AvgIpc) is 2.37. The lowest BCUT2D eigenvalue weighted by molar-refractivity contribution is -0.331. The summed E-state index contributed by atoms with van der Waals surface area (Å²) in [5.41, 5.74) is -6.80. The van der Waals surface area contributed by atoms with Gasteiger partial charge in [0.25, 0.3) is 0 Å². The van der Waals surface area contributed by atoms with Gasteiger partial charge in [-0.25, -0.2) is 4.39 Å². The third kappa shape index (κ3) is 3.67. The normalized spacial score (nSPS) is 23.7. The first-order valence-electron chi connectivity index (χ1n) is 6.36. The van der Waals surface area contributed by atoms with Crippen LogP contribution in [0.3, 0.4) is 0 Å². The van der Waals surface area contributed by atoms with E-state index in [4.69, 9.17) is 0 Å². The molecule has 0 spiro atoms. The van der Waals surface area contributed by atoms with Gasteiger partial charge in [-0.2, -0.15) is 38.1 Å². The Hall–Kier alpha value is -0.380. The van der Waals surface area contributed by atoms with E-state index in [9.17, 15) is 30.7 Å². The number of hydrogen-bond acceptors (Lipinski definition) is 2. The Labute approximate surface area is 142 Å². The van der Waals surface area contributed by atoms with Crippen molar-refractivity contribution in [1.29, 1.82) is 0 Å². The molecule has 23 heavy (non-hydrogen) atoms. The summed E-state index contributed by atoms with van der Waals surface area (Å²) in [6.07, 6.45) is -8.26. The summed E-state index contributed by atoms with van der Waals surface area (Å²) in [6, 6.07) is 0. The minimum atomic E-state index is -6.13. The van der Waals surface area contributed by atoms with Crippen LogP contribution in [-0.2, 0) is 0 Å². The molecule has 0 aliphatic carbocycles. The molecular formula is C13H15BrF7NS. The molecule has 1 atom stereocenters. The Morgan fingerprint density at radius 3 is 2.00 bits per heavy atom. The van der Waals surface area contributed by atoms with Crippen LogP contribution in [0.2, 0.25) is 0 Å². The van der Waals surface area contributed by atoms with Gasteiger partial charge in [0.1, 0.15) is 4.45 Å². The average molecular weight is 430 g/mol. The largest absolute Gasteiger partial charge is 0.437 e. The SMILES string of the molecule is CSCCC1(Br)C=C(C)C=C(C(F)(C(F)(F)F)C(F)(F)F)N1C. The number of rotatable bonds is 4. The molecule has 0 amide bonds. The van der Waals surface area contributed by atoms with Crippen molar-refractivity contribution in [1.82, 2.24) is 4.90 Å². The molecule has 1 unspecified atom stereocenters. The molecule has 0 aromatic carbocycles. The number of nitrogens with zero attached hydrogens (tertiary/aromatic N) is 1. The second-order valence-electron chi connectivity index (χ2n) is 5.19. The predicted octanol–water partition coefficient (Wildman–Crippen LogP) is 5.44. The molecule has 1 rings (SSSR count). The van der Waals surface area contributed by atoms with Crippen molar-refractivity contribution in [2.45, 2.75) is 35.8 Å². The van der Waals surface area contributed by atoms with Crippen LogP contribution < -0.4 is 0 Å². The highest BCUT2D eigenvalue weighted by Gasteiger charge is 2.76. The number of likely N-dealkylation sites (N-methyl/N-ethyl adjacent to an activating group) is 1. The maximum atomic E-state index is 14.4. The van der Waals surface area contributed by atoms with E-state index in [1.54, 1.807) is 6.26 Å². The van der Waals surface area contributed by atoms with Crippen LogP contribution in [0.5, 0.6) is 0 Å². The molecule has 0 saturated carbocycles. The summed E-state index contributed by atoms with van der Waals surface area (Å²) in [5.74, 6) is 0.462. The molecule has 0 bridgehead atoms. The van der Waals surface area contributed by atoms with Crippen molar-refractivity contribution < 1.29 is 30.7 Å². The molecule has 1 aliphatic rings. The number of halogens is 8. The lowest BCUT2D eigenvalue weighted by atomic mass is 9.92. The summed E-state index contributed by atoms with van der Waals surface area (Å²) in [7, 11) is 1.01. The van der Waals surface area contributed by atoms with E-state index in [0.717, 1.165) is 7.05 Å². The minimum Gasteiger partial charge on any atom is -0.356 e. The van der Waals surface area contributed by atoms with Gasteiger partial charge in [-0.1, -0.05) is 21.5 Å². The van der Waals surface area contributed by atoms with E-state index in [1.165, 1.54) is 24.8 Å². The molecule has 0 N–H and O–H groups in total. The number of allylic oxidation sites excluding steroid dienone is 3. The summed E-state index contributed by atoms with van der Waals surface area (Å²) in [4.78, 5) is 0.664. The van der Waals surface area contributed by atoms with E-state index < -0.39 is 28.2 Å². The number of alkyl halides is 8. The molecular weight excluding hydrogens is 415 g/mol. The fraction of sp³-hybridized carbons (Fsp3) is 0.692. The van der Waals surface area contributed by atoms with Crippen molar-refractivity contribution in [3.8, 4) is 0 Å². The van der Waals surface area contributed by atoms with Gasteiger partial charge in [-0.3, -0.25) is 0 Å². The van der Waals surface area contributed by atoms with Gasteiger partial charge in [-0.15, -0.1) is 0 Å². The highest BCUT2D eigenvalue weighted by Crippen LogP contribution is 2.54. The van der Waals surface area contributed by atoms with Crippen molar-refractivity contribution in [2.75, 3.05) is 19.1 Å². The van der Waals surface area contributed by atoms with E-state index in [1.807, 2.05) is 0 Å². The fourth-order valence-corrected chi connectivity index (χ4v) is 3.79. The molecule has 0 aromatic heterocycles. The van der Waals surface area contributed by atoms with Crippen LogP contribution >= 0.6 is 27.7 Å². The van der Waals surface area contributed by atoms with Gasteiger partial charge in [0.2, 0.25) is 0 Å². The maximum absolute atomic E-state index is 14.4. The molecule has 1 nitrogen and oxygen atoms in total. The first-order valence-corrected chi connectivity index (χ1v) is 8.55. The standard InChI is InChI=1S/C13H15BrF7NS/c1-8-6-9(11(15,12(16,17)18)13(19,20)21)22(2)10(14,7-8)4-5-23-3/h6-7H,4-5H2,1-3H3. The topological polar surface area (TPSA) is 3.24 Å². The van der Waals surface area contributed by atoms with Gasteiger partial charge in [0, 0.05) is 7.05 Å². The molecule has 0 aromatic rings. The Kier molecular flexibility index (Phi) is 5.84. The lowest BCUT2D eigenvalue weighted by Crippen LogP contribution is -2.60. The Morgan fingerprint density at radius 1 is 1.13 bits per heavy atom. The van der Waals surface area contributed by atoms with Gasteiger partial charge < -0.3 is 4.90 Å². The first kappa shape index (κ1) is 20.7. The van der Waals surface area contributed by atoms with Crippen LogP contribution in [0.4, 0.5) is 30.7 Å². The number of thioether (sulfide) groups is 1. The van der Waals surface area contributed by atoms with Crippen molar-refractivity contribution in [3.63, 3.8) is 0 Å². The van der Waals surface area contributed by atoms with Gasteiger partial charge in [-0.05, 0) is 37.5 Å². The van der Waals surface area contributed by atoms with E-state index in [0.29, 0.717) is 16.7 Å². The third-order valence-electron chi connectivity index (χ3n) is 3.52. The van der Waals surface area contributed by atoms with Crippen molar-refractivity contribution in [2.24, 2.45) is 0 Å². The zero-order valence-corrected chi connectivity index (χ0v) is 14.9. The molecule has 1 heterocycles. The quantitative estimate of drug-likeness (QED) is 0.332. The fourth-order valence-electron chi connectivity index (χ4n) is 2.27. The molecule has 0 radical (unpaired) electrons. The summed E-state index contributed by atoms with van der Waals surface area (Å²) < 4.78 is 91.0. The van der Waals surface area contributed by atoms with Gasteiger partial charge >= 0.3 is 18.0 Å². The second-order valence-corrected chi connectivity index (χ2v) is 7.55. The lowest BCUT2D eigenvalue weighted by Gasteiger charge is -2.45. The zero-order chi connectivity index (χ0) is 18.3. The van der Waals surface area contributed by atoms with Crippen LogP contribution in [0, 0.1) is 0 Å². The molecule has 0 saturated heterocycles. The summed E-state index contributed by atoms with van der Waals surface area (Å²) in [5, 5.41) is 0. The Bertz CT molecular complexity index is 497. The van der Waals surface area contributed by atoms with E-state index in [2.05, 4.69) is 15.9 Å². The third-order valence-corrected chi connectivity index (χ3v) is 5.29. The smallest absolute Gasteiger partial charge is 0.356 e. The zero-order valence-electron chi connectivity index (χ0n) is 12.4. The highest BCUT2D eigenvalue weighted by molar-refractivity contribution is 9.10. The van der Waals surface area contributed by atoms with Crippen LogP contribution in [0.15, 0.2) is 23.4 Å². The second kappa shape index (κ2) is 6.50. The molecule has 0 fully saturated rings. The van der Waals surface area contributed by atoms with Crippen LogP contribution in [0.25, 0.3) is 0 Å². The van der Waals surface area contributed by atoms with E-state index in [-0.39, 0.29) is 12.0 Å². The van der Waals surface area contributed by atoms with Gasteiger partial charge in [0.15, 0.2) is 0 Å².